The van der Waals surface area contributed by atoms with Gasteiger partial charge in [-0.15, -0.1) is 0 Å². The smallest absolute Gasteiger partial charge is 0.324 e. The number of hydrogen-bond donors (Lipinski definition) is 0. The Balaban J connectivity index is 2.23. The molecule has 0 aliphatic rings. The fourth-order valence-electron chi connectivity index (χ4n) is 1.48. The first kappa shape index (κ1) is 13.7. The molecule has 0 atom stereocenters. The number of nitrogens with zero attached hydrogens (tertiary/aromatic N) is 4. The fourth-order valence-corrected chi connectivity index (χ4v) is 2.01. The second-order valence-corrected chi connectivity index (χ2v) is 4.76. The predicted octanol–water partition coefficient (Wildman–Crippen LogP) is 3.39. The van der Waals surface area contributed by atoms with Crippen LogP contribution in [0.3, 0.4) is 0 Å². The van der Waals surface area contributed by atoms with Crippen LogP contribution in [0.1, 0.15) is 6.42 Å². The van der Waals surface area contributed by atoms with E-state index in [0.29, 0.717) is 40.4 Å². The average Bonchev–Trinajstić information content (AvgIpc) is 2.84. The van der Waals surface area contributed by atoms with E-state index >= 15 is 0 Å². The van der Waals surface area contributed by atoms with Crippen molar-refractivity contribution in [3.63, 3.8) is 0 Å². The van der Waals surface area contributed by atoms with E-state index in [4.69, 9.17) is 33.0 Å². The van der Waals surface area contributed by atoms with Gasteiger partial charge in [0.1, 0.15) is 0 Å². The molecule has 0 bridgehead atoms. The van der Waals surface area contributed by atoms with Crippen molar-refractivity contribution in [2.45, 2.75) is 6.42 Å². The molecule has 0 radical (unpaired) electrons. The molecule has 0 aliphatic heterocycles. The summed E-state index contributed by atoms with van der Waals surface area (Å²) in [6.07, 6.45) is 0.386. The number of benzene rings is 1. The van der Waals surface area contributed by atoms with E-state index in [0.717, 1.165) is 0 Å². The van der Waals surface area contributed by atoms with Gasteiger partial charge in [0.25, 0.3) is 0 Å². The first-order valence-electron chi connectivity index (χ1n) is 5.48. The highest BCUT2D eigenvalue weighted by atomic mass is 35.5. The standard InChI is InChI=1S/C12H10Cl2N4O/c1-18(4-2-3-15)12-16-11(17-19-12)8-5-9(13)7-10(14)6-8/h5-7H,2,4H2,1H3. The van der Waals surface area contributed by atoms with Gasteiger partial charge in [-0.25, -0.2) is 0 Å². The normalized spacial score (nSPS) is 10.2. The van der Waals surface area contributed by atoms with Crippen molar-refractivity contribution in [2.75, 3.05) is 18.5 Å². The maximum atomic E-state index is 8.53. The van der Waals surface area contributed by atoms with E-state index in [1.165, 1.54) is 0 Å². The lowest BCUT2D eigenvalue weighted by molar-refractivity contribution is 0.419. The summed E-state index contributed by atoms with van der Waals surface area (Å²) in [6.45, 7) is 0.522. The summed E-state index contributed by atoms with van der Waals surface area (Å²) < 4.78 is 5.13. The van der Waals surface area contributed by atoms with E-state index in [2.05, 4.69) is 16.2 Å². The molecule has 1 aromatic carbocycles. The Bertz CT molecular complexity index is 600. The second-order valence-electron chi connectivity index (χ2n) is 3.89. The highest BCUT2D eigenvalue weighted by Gasteiger charge is 2.13. The van der Waals surface area contributed by atoms with Crippen LogP contribution in [-0.2, 0) is 0 Å². The summed E-state index contributed by atoms with van der Waals surface area (Å²) in [6, 6.07) is 7.45. The van der Waals surface area contributed by atoms with Gasteiger partial charge >= 0.3 is 6.01 Å². The van der Waals surface area contributed by atoms with Gasteiger partial charge in [0.2, 0.25) is 5.82 Å². The molecule has 0 saturated carbocycles. The average molecular weight is 297 g/mol. The largest absolute Gasteiger partial charge is 0.326 e. The number of aromatic nitrogens is 2. The van der Waals surface area contributed by atoms with Crippen LogP contribution in [0.2, 0.25) is 10.0 Å². The highest BCUT2D eigenvalue weighted by Crippen LogP contribution is 2.26. The molecule has 0 aliphatic carbocycles. The van der Waals surface area contributed by atoms with Crippen LogP contribution >= 0.6 is 23.2 Å². The van der Waals surface area contributed by atoms with E-state index in [-0.39, 0.29) is 0 Å². The summed E-state index contributed by atoms with van der Waals surface area (Å²) in [4.78, 5) is 5.95. The second kappa shape index (κ2) is 5.91. The van der Waals surface area contributed by atoms with Crippen molar-refractivity contribution in [1.82, 2.24) is 10.1 Å². The molecule has 2 aromatic rings. The molecule has 1 aromatic heterocycles. The molecular formula is C12H10Cl2N4O. The molecule has 0 amide bonds. The Morgan fingerprint density at radius 1 is 1.32 bits per heavy atom. The van der Waals surface area contributed by atoms with Crippen molar-refractivity contribution >= 4 is 29.2 Å². The van der Waals surface area contributed by atoms with Gasteiger partial charge in [-0.2, -0.15) is 10.2 Å². The topological polar surface area (TPSA) is 66.0 Å². The van der Waals surface area contributed by atoms with E-state index in [1.807, 2.05) is 0 Å². The van der Waals surface area contributed by atoms with Crippen LogP contribution < -0.4 is 4.90 Å². The molecular weight excluding hydrogens is 287 g/mol. The third kappa shape index (κ3) is 3.37. The molecule has 98 valence electrons. The van der Waals surface area contributed by atoms with Gasteiger partial charge in [0.05, 0.1) is 12.5 Å². The Hall–Kier alpha value is -1.77. The van der Waals surface area contributed by atoms with Gasteiger partial charge in [0, 0.05) is 29.2 Å². The van der Waals surface area contributed by atoms with E-state index < -0.39 is 0 Å². The molecule has 0 saturated heterocycles. The molecule has 19 heavy (non-hydrogen) atoms. The van der Waals surface area contributed by atoms with Crippen molar-refractivity contribution < 1.29 is 4.52 Å². The van der Waals surface area contributed by atoms with Crippen LogP contribution in [0.5, 0.6) is 0 Å². The van der Waals surface area contributed by atoms with Gasteiger partial charge in [-0.3, -0.25) is 0 Å². The van der Waals surface area contributed by atoms with Crippen molar-refractivity contribution in [2.24, 2.45) is 0 Å². The van der Waals surface area contributed by atoms with Crippen LogP contribution in [0.15, 0.2) is 22.7 Å². The zero-order chi connectivity index (χ0) is 13.8. The fraction of sp³-hybridized carbons (Fsp3) is 0.250. The molecule has 5 nitrogen and oxygen atoms in total. The van der Waals surface area contributed by atoms with Crippen LogP contribution in [-0.4, -0.2) is 23.7 Å². The van der Waals surface area contributed by atoms with Crippen molar-refractivity contribution in [3.05, 3.63) is 28.2 Å². The predicted molar refractivity (Wildman–Crippen MR) is 73.3 cm³/mol. The maximum Gasteiger partial charge on any atom is 0.324 e. The summed E-state index contributed by atoms with van der Waals surface area (Å²) in [5.41, 5.74) is 0.682. The number of rotatable bonds is 4. The monoisotopic (exact) mass is 296 g/mol. The Morgan fingerprint density at radius 2 is 2.00 bits per heavy atom. The zero-order valence-electron chi connectivity index (χ0n) is 10.1. The van der Waals surface area contributed by atoms with E-state index in [9.17, 15) is 0 Å². The quantitative estimate of drug-likeness (QED) is 0.865. The molecule has 2 rings (SSSR count). The van der Waals surface area contributed by atoms with Crippen LogP contribution in [0, 0.1) is 11.3 Å². The minimum Gasteiger partial charge on any atom is -0.326 e. The van der Waals surface area contributed by atoms with Gasteiger partial charge < -0.3 is 9.42 Å². The van der Waals surface area contributed by atoms with Gasteiger partial charge in [0.15, 0.2) is 0 Å². The van der Waals surface area contributed by atoms with Gasteiger partial charge in [-0.1, -0.05) is 28.4 Å². The lowest BCUT2D eigenvalue weighted by Gasteiger charge is -2.09. The molecule has 0 fully saturated rings. The Morgan fingerprint density at radius 3 is 2.63 bits per heavy atom. The summed E-state index contributed by atoms with van der Waals surface area (Å²) >= 11 is 11.8. The third-order valence-electron chi connectivity index (χ3n) is 2.42. The van der Waals surface area contributed by atoms with E-state index in [1.54, 1.807) is 30.1 Å². The third-order valence-corrected chi connectivity index (χ3v) is 2.86. The first-order valence-corrected chi connectivity index (χ1v) is 6.24. The zero-order valence-corrected chi connectivity index (χ0v) is 11.6. The Kier molecular flexibility index (Phi) is 4.25. The summed E-state index contributed by atoms with van der Waals surface area (Å²) in [5.74, 6) is 0.406. The maximum absolute atomic E-state index is 8.53. The lowest BCUT2D eigenvalue weighted by atomic mass is 10.2. The molecule has 1 heterocycles. The number of anilines is 1. The lowest BCUT2D eigenvalue weighted by Crippen LogP contribution is -2.18. The minimum absolute atomic E-state index is 0.348. The molecule has 0 N–H and O–H groups in total. The SMILES string of the molecule is CN(CCC#N)c1nc(-c2cc(Cl)cc(Cl)c2)no1. The Labute approximate surface area is 120 Å². The molecule has 7 heteroatoms. The van der Waals surface area contributed by atoms with Gasteiger partial charge in [-0.05, 0) is 18.2 Å². The highest BCUT2D eigenvalue weighted by molar-refractivity contribution is 6.35. The number of halogens is 2. The molecule has 0 unspecified atom stereocenters. The van der Waals surface area contributed by atoms with Crippen molar-refractivity contribution in [3.8, 4) is 17.5 Å². The number of nitriles is 1. The van der Waals surface area contributed by atoms with Crippen LogP contribution in [0.25, 0.3) is 11.4 Å². The molecule has 0 spiro atoms. The summed E-state index contributed by atoms with van der Waals surface area (Å²) in [5, 5.41) is 13.4. The first-order chi connectivity index (χ1) is 9.10. The minimum atomic E-state index is 0.348. The van der Waals surface area contributed by atoms with Crippen molar-refractivity contribution in [1.29, 1.82) is 5.26 Å². The summed E-state index contributed by atoms with van der Waals surface area (Å²) in [7, 11) is 1.78. The number of hydrogen-bond acceptors (Lipinski definition) is 5. The van der Waals surface area contributed by atoms with Crippen LogP contribution in [0.4, 0.5) is 6.01 Å².